The van der Waals surface area contributed by atoms with E-state index >= 15 is 0 Å². The first kappa shape index (κ1) is 12.6. The molecule has 0 saturated heterocycles. The second kappa shape index (κ2) is 4.58. The summed E-state index contributed by atoms with van der Waals surface area (Å²) >= 11 is 0. The SMILES string of the molecule is O=S(=O)(O)c1cccc2ccccc12.[Pb]. The zero-order valence-electron chi connectivity index (χ0n) is 7.71. The largest absolute Gasteiger partial charge is 0.295 e. The molecule has 2 aromatic rings. The van der Waals surface area contributed by atoms with Crippen molar-refractivity contribution in [2.75, 3.05) is 0 Å². The number of fused-ring (bicyclic) bond motifs is 1. The number of benzene rings is 2. The third kappa shape index (κ3) is 2.56. The zero-order valence-corrected chi connectivity index (χ0v) is 12.4. The summed E-state index contributed by atoms with van der Waals surface area (Å²) in [6, 6.07) is 11.8. The van der Waals surface area contributed by atoms with Gasteiger partial charge in [0, 0.05) is 32.7 Å². The van der Waals surface area contributed by atoms with Crippen molar-refractivity contribution in [1.29, 1.82) is 0 Å². The van der Waals surface area contributed by atoms with Crippen LogP contribution in [-0.2, 0) is 10.1 Å². The van der Waals surface area contributed by atoms with E-state index in [2.05, 4.69) is 0 Å². The van der Waals surface area contributed by atoms with Crippen molar-refractivity contribution < 1.29 is 13.0 Å². The molecule has 0 bridgehead atoms. The Balaban J connectivity index is 0.00000112. The molecule has 2 rings (SSSR count). The number of hydrogen-bond donors (Lipinski definition) is 1. The molecule has 1 N–H and O–H groups in total. The Morgan fingerprint density at radius 3 is 2.20 bits per heavy atom. The van der Waals surface area contributed by atoms with Crippen LogP contribution in [-0.4, -0.2) is 40.3 Å². The fourth-order valence-electron chi connectivity index (χ4n) is 1.42. The van der Waals surface area contributed by atoms with Gasteiger partial charge in [0.2, 0.25) is 0 Å². The molecular weight excluding hydrogens is 407 g/mol. The van der Waals surface area contributed by atoms with E-state index < -0.39 is 10.1 Å². The molecule has 0 amide bonds. The molecule has 0 aliphatic carbocycles. The molecule has 15 heavy (non-hydrogen) atoms. The van der Waals surface area contributed by atoms with Crippen LogP contribution in [0.1, 0.15) is 0 Å². The van der Waals surface area contributed by atoms with E-state index in [1.165, 1.54) is 6.07 Å². The summed E-state index contributed by atoms with van der Waals surface area (Å²) in [5, 5.41) is 1.33. The van der Waals surface area contributed by atoms with Crippen molar-refractivity contribution in [3.8, 4) is 0 Å². The van der Waals surface area contributed by atoms with Gasteiger partial charge in [0.1, 0.15) is 4.90 Å². The molecule has 0 aromatic heterocycles. The molecule has 0 fully saturated rings. The van der Waals surface area contributed by atoms with Gasteiger partial charge in [0.05, 0.1) is 0 Å². The quantitative estimate of drug-likeness (QED) is 0.570. The minimum absolute atomic E-state index is 0. The van der Waals surface area contributed by atoms with Gasteiger partial charge in [-0.05, 0) is 11.5 Å². The van der Waals surface area contributed by atoms with E-state index in [-0.39, 0.29) is 32.2 Å². The minimum atomic E-state index is -4.13. The van der Waals surface area contributed by atoms with E-state index in [0.717, 1.165) is 5.39 Å². The third-order valence-corrected chi connectivity index (χ3v) is 2.94. The molecule has 0 aliphatic heterocycles. The van der Waals surface area contributed by atoms with Crippen molar-refractivity contribution in [3.05, 3.63) is 42.5 Å². The van der Waals surface area contributed by atoms with Gasteiger partial charge in [-0.2, -0.15) is 8.42 Å². The predicted molar refractivity (Wildman–Crippen MR) is 59.5 cm³/mol. The van der Waals surface area contributed by atoms with Gasteiger partial charge in [0.15, 0.2) is 0 Å². The summed E-state index contributed by atoms with van der Waals surface area (Å²) in [4.78, 5) is -0.0457. The minimum Gasteiger partial charge on any atom is -0.282 e. The first-order chi connectivity index (χ1) is 6.59. The van der Waals surface area contributed by atoms with Gasteiger partial charge in [-0.1, -0.05) is 36.4 Å². The molecule has 0 spiro atoms. The fourth-order valence-corrected chi connectivity index (χ4v) is 2.13. The van der Waals surface area contributed by atoms with Crippen LogP contribution in [0.5, 0.6) is 0 Å². The zero-order chi connectivity index (χ0) is 10.2. The summed E-state index contributed by atoms with van der Waals surface area (Å²) in [6.07, 6.45) is 0. The van der Waals surface area contributed by atoms with Crippen molar-refractivity contribution in [2.45, 2.75) is 4.90 Å². The van der Waals surface area contributed by atoms with Crippen molar-refractivity contribution in [1.82, 2.24) is 0 Å². The van der Waals surface area contributed by atoms with Crippen LogP contribution < -0.4 is 0 Å². The van der Waals surface area contributed by atoms with E-state index in [1.54, 1.807) is 30.3 Å². The molecule has 0 heterocycles. The van der Waals surface area contributed by atoms with E-state index in [0.29, 0.717) is 5.39 Å². The first-order valence-electron chi connectivity index (χ1n) is 4.04. The smallest absolute Gasteiger partial charge is 0.282 e. The molecule has 2 aromatic carbocycles. The van der Waals surface area contributed by atoms with E-state index in [4.69, 9.17) is 4.55 Å². The van der Waals surface area contributed by atoms with Crippen LogP contribution in [0.4, 0.5) is 0 Å². The van der Waals surface area contributed by atoms with E-state index in [1.807, 2.05) is 6.07 Å². The standard InChI is InChI=1S/C10H8O3S.Pb/c11-14(12,13)10-7-3-5-8-4-1-2-6-9(8)10;/h1-7H,(H,11,12,13);. The van der Waals surface area contributed by atoms with Crippen LogP contribution >= 0.6 is 0 Å². The average Bonchev–Trinajstić information content (AvgIpc) is 2.15. The van der Waals surface area contributed by atoms with Crippen molar-refractivity contribution in [2.24, 2.45) is 0 Å². The normalized spacial score (nSPS) is 11.0. The Hall–Kier alpha value is -0.468. The second-order valence-corrected chi connectivity index (χ2v) is 4.34. The molecule has 0 saturated carbocycles. The first-order valence-corrected chi connectivity index (χ1v) is 5.48. The van der Waals surface area contributed by atoms with Gasteiger partial charge in [-0.15, -0.1) is 0 Å². The predicted octanol–water partition coefficient (Wildman–Crippen LogP) is 1.71. The molecule has 76 valence electrons. The summed E-state index contributed by atoms with van der Waals surface area (Å²) in [6.45, 7) is 0. The van der Waals surface area contributed by atoms with Crippen molar-refractivity contribution in [3.63, 3.8) is 0 Å². The number of rotatable bonds is 1. The summed E-state index contributed by atoms with van der Waals surface area (Å²) < 4.78 is 31.0. The van der Waals surface area contributed by atoms with Gasteiger partial charge < -0.3 is 0 Å². The third-order valence-electron chi connectivity index (χ3n) is 2.03. The average molecular weight is 415 g/mol. The van der Waals surface area contributed by atoms with Crippen molar-refractivity contribution >= 4 is 48.2 Å². The van der Waals surface area contributed by atoms with Crippen LogP contribution in [0.25, 0.3) is 10.8 Å². The van der Waals surface area contributed by atoms with Gasteiger partial charge in [0.25, 0.3) is 10.1 Å². The molecule has 0 unspecified atom stereocenters. The molecule has 5 heteroatoms. The van der Waals surface area contributed by atoms with Crippen LogP contribution in [0, 0.1) is 0 Å². The Morgan fingerprint density at radius 1 is 0.933 bits per heavy atom. The van der Waals surface area contributed by atoms with Crippen LogP contribution in [0.3, 0.4) is 0 Å². The Morgan fingerprint density at radius 2 is 1.53 bits per heavy atom. The topological polar surface area (TPSA) is 54.4 Å². The maximum absolute atomic E-state index is 11.0. The summed E-state index contributed by atoms with van der Waals surface area (Å²) in [5.74, 6) is 0. The number of hydrogen-bond acceptors (Lipinski definition) is 2. The Labute approximate surface area is 108 Å². The second-order valence-electron chi connectivity index (χ2n) is 2.95. The van der Waals surface area contributed by atoms with Gasteiger partial charge >= 0.3 is 0 Å². The van der Waals surface area contributed by atoms with Crippen LogP contribution in [0.15, 0.2) is 47.4 Å². The van der Waals surface area contributed by atoms with Gasteiger partial charge in [-0.25, -0.2) is 0 Å². The van der Waals surface area contributed by atoms with Gasteiger partial charge in [-0.3, -0.25) is 4.55 Å². The Kier molecular flexibility index (Phi) is 3.85. The summed E-state index contributed by atoms with van der Waals surface area (Å²) in [7, 11) is -4.13. The maximum atomic E-state index is 11.0. The molecule has 3 nitrogen and oxygen atoms in total. The molecule has 0 atom stereocenters. The Bertz CT molecular complexity index is 573. The monoisotopic (exact) mass is 416 g/mol. The molecule has 4 radical (unpaired) electrons. The van der Waals surface area contributed by atoms with E-state index in [9.17, 15) is 8.42 Å². The maximum Gasteiger partial charge on any atom is 0.295 e. The molecule has 0 aliphatic rings. The summed E-state index contributed by atoms with van der Waals surface area (Å²) in [5.41, 5.74) is 0. The fraction of sp³-hybridized carbons (Fsp3) is 0. The molecular formula is C10H8O3PbS. The van der Waals surface area contributed by atoms with Crippen LogP contribution in [0.2, 0.25) is 0 Å².